The fraction of sp³-hybridized carbons (Fsp3) is 0.286. The molecular weight excluding hydrogens is 432 g/mol. The van der Waals surface area contributed by atoms with Crippen molar-refractivity contribution >= 4 is 44.9 Å². The minimum absolute atomic E-state index is 0.0821. The summed E-state index contributed by atoms with van der Waals surface area (Å²) in [5, 5.41) is 0. The summed E-state index contributed by atoms with van der Waals surface area (Å²) in [6.45, 7) is 13.1. The average molecular weight is 461 g/mol. The zero-order chi connectivity index (χ0) is 23.3. The number of carbonyl (C=O) groups is 2. The molecule has 2 aromatic carbocycles. The number of allylic oxidation sites excluding steroid dienone is 4. The lowest BCUT2D eigenvalue weighted by atomic mass is 9.86. The fourth-order valence-corrected chi connectivity index (χ4v) is 5.85. The van der Waals surface area contributed by atoms with E-state index in [0.717, 1.165) is 20.9 Å². The zero-order valence-corrected chi connectivity index (χ0v) is 21.0. The van der Waals surface area contributed by atoms with Crippen LogP contribution in [0.2, 0.25) is 0 Å². The summed E-state index contributed by atoms with van der Waals surface area (Å²) in [6.07, 6.45) is 3.31. The van der Waals surface area contributed by atoms with Crippen LogP contribution in [0.15, 0.2) is 70.5 Å². The Labute approximate surface area is 199 Å². The van der Waals surface area contributed by atoms with Crippen molar-refractivity contribution in [1.82, 2.24) is 0 Å². The Morgan fingerprint density at radius 3 is 1.12 bits per heavy atom. The molecule has 2 aromatic rings. The van der Waals surface area contributed by atoms with Crippen LogP contribution in [0.25, 0.3) is 9.81 Å². The number of ketones is 2. The monoisotopic (exact) mass is 460 g/mol. The van der Waals surface area contributed by atoms with Crippen molar-refractivity contribution in [2.75, 3.05) is 0 Å². The first-order valence-corrected chi connectivity index (χ1v) is 12.4. The molecule has 2 aliphatic rings. The molecule has 2 heterocycles. The average Bonchev–Trinajstić information content (AvgIpc) is 3.29. The van der Waals surface area contributed by atoms with E-state index < -0.39 is 0 Å². The van der Waals surface area contributed by atoms with Gasteiger partial charge in [0.1, 0.15) is 0 Å². The third kappa shape index (κ3) is 4.57. The van der Waals surface area contributed by atoms with E-state index in [1.165, 1.54) is 34.7 Å². The van der Waals surface area contributed by atoms with Crippen molar-refractivity contribution < 1.29 is 9.59 Å². The van der Waals surface area contributed by atoms with Gasteiger partial charge in [0.25, 0.3) is 0 Å². The Kier molecular flexibility index (Phi) is 5.89. The Bertz CT molecular complexity index is 1080. The Morgan fingerprint density at radius 1 is 0.531 bits per heavy atom. The summed E-state index contributed by atoms with van der Waals surface area (Å²) in [5.41, 5.74) is 4.68. The Hall–Kier alpha value is -2.30. The Balaban J connectivity index is 1.54. The van der Waals surface area contributed by atoms with Crippen molar-refractivity contribution in [3.63, 3.8) is 0 Å². The molecule has 4 rings (SSSR count). The van der Waals surface area contributed by atoms with Gasteiger partial charge < -0.3 is 0 Å². The molecule has 0 atom stereocenters. The summed E-state index contributed by atoms with van der Waals surface area (Å²) < 4.78 is 0. The van der Waals surface area contributed by atoms with Gasteiger partial charge in [-0.15, -0.1) is 0 Å². The van der Waals surface area contributed by atoms with Gasteiger partial charge in [-0.05, 0) is 33.1 Å². The van der Waals surface area contributed by atoms with Crippen LogP contribution in [0.3, 0.4) is 0 Å². The van der Waals surface area contributed by atoms with E-state index in [0.29, 0.717) is 9.81 Å². The molecule has 0 saturated heterocycles. The number of thioether (sulfide) groups is 2. The standard InChI is InChI=1S/C28H28O2S2/c1-27(2,3)19-11-7-17(8-12-19)23-15-21(29)25(31-23)26-22(30)16-24(32-26)18-9-13-20(14-10-18)28(4,5)6/h7-16H,1-6H3/b26-25+. The van der Waals surface area contributed by atoms with Gasteiger partial charge in [-0.2, -0.15) is 0 Å². The molecule has 0 amide bonds. The van der Waals surface area contributed by atoms with E-state index in [1.807, 2.05) is 0 Å². The highest BCUT2D eigenvalue weighted by Crippen LogP contribution is 2.49. The van der Waals surface area contributed by atoms with Gasteiger partial charge in [-0.3, -0.25) is 9.59 Å². The van der Waals surface area contributed by atoms with Gasteiger partial charge >= 0.3 is 0 Å². The lowest BCUT2D eigenvalue weighted by Crippen LogP contribution is -2.10. The minimum atomic E-state index is -0.0847. The first-order chi connectivity index (χ1) is 14.9. The van der Waals surface area contributed by atoms with E-state index in [2.05, 4.69) is 90.1 Å². The normalized spacial score (nSPS) is 19.4. The van der Waals surface area contributed by atoms with E-state index >= 15 is 0 Å². The van der Waals surface area contributed by atoms with Crippen LogP contribution in [-0.4, -0.2) is 11.6 Å². The molecular formula is C28H28O2S2. The quantitative estimate of drug-likeness (QED) is 0.434. The number of carbonyl (C=O) groups excluding carboxylic acids is 2. The zero-order valence-electron chi connectivity index (χ0n) is 19.4. The highest BCUT2D eigenvalue weighted by Gasteiger charge is 2.31. The lowest BCUT2D eigenvalue weighted by molar-refractivity contribution is -0.112. The maximum absolute atomic E-state index is 12.8. The van der Waals surface area contributed by atoms with Gasteiger partial charge in [0.15, 0.2) is 11.6 Å². The van der Waals surface area contributed by atoms with Crippen LogP contribution in [0, 0.1) is 0 Å². The number of hydrogen-bond donors (Lipinski definition) is 0. The maximum Gasteiger partial charge on any atom is 0.194 e. The van der Waals surface area contributed by atoms with Crippen LogP contribution in [0.5, 0.6) is 0 Å². The first-order valence-electron chi connectivity index (χ1n) is 10.8. The van der Waals surface area contributed by atoms with E-state index in [4.69, 9.17) is 0 Å². The predicted octanol–water partition coefficient (Wildman–Crippen LogP) is 7.51. The highest BCUT2D eigenvalue weighted by molar-refractivity contribution is 8.17. The second-order valence-corrected chi connectivity index (χ2v) is 12.4. The highest BCUT2D eigenvalue weighted by atomic mass is 32.2. The molecule has 0 aromatic heterocycles. The summed E-state index contributed by atoms with van der Waals surface area (Å²) in [4.78, 5) is 28.4. The van der Waals surface area contributed by atoms with Crippen LogP contribution in [0.1, 0.15) is 63.8 Å². The predicted molar refractivity (Wildman–Crippen MR) is 138 cm³/mol. The summed E-state index contributed by atoms with van der Waals surface area (Å²) in [7, 11) is 0. The molecule has 0 unspecified atom stereocenters. The smallest absolute Gasteiger partial charge is 0.194 e. The van der Waals surface area contributed by atoms with E-state index in [1.54, 1.807) is 12.2 Å². The second-order valence-electron chi connectivity index (χ2n) is 10.3. The van der Waals surface area contributed by atoms with Crippen molar-refractivity contribution in [3.8, 4) is 0 Å². The van der Waals surface area contributed by atoms with Crippen LogP contribution < -0.4 is 0 Å². The molecule has 2 aliphatic heterocycles. The SMILES string of the molecule is CC(C)(C)c1ccc(C2=CC(=O)/C(=C3\SC(c4ccc(C(C)(C)C)cc4)=CC3=O)S2)cc1. The van der Waals surface area contributed by atoms with Crippen molar-refractivity contribution in [2.24, 2.45) is 0 Å². The molecule has 0 spiro atoms. The molecule has 164 valence electrons. The summed E-state index contributed by atoms with van der Waals surface area (Å²) in [5.74, 6) is -0.169. The van der Waals surface area contributed by atoms with Crippen molar-refractivity contribution in [1.29, 1.82) is 0 Å². The van der Waals surface area contributed by atoms with Crippen molar-refractivity contribution in [3.05, 3.63) is 92.7 Å². The number of hydrogen-bond acceptors (Lipinski definition) is 4. The van der Waals surface area contributed by atoms with Crippen molar-refractivity contribution in [2.45, 2.75) is 52.4 Å². The minimum Gasteiger partial charge on any atom is -0.289 e. The molecule has 0 aliphatic carbocycles. The van der Waals surface area contributed by atoms with Gasteiger partial charge in [-0.25, -0.2) is 0 Å². The first kappa shape index (κ1) is 22.9. The number of rotatable bonds is 2. The molecule has 4 heteroatoms. The maximum atomic E-state index is 12.8. The number of benzene rings is 2. The van der Waals surface area contributed by atoms with Gasteiger partial charge in [0.2, 0.25) is 0 Å². The van der Waals surface area contributed by atoms with E-state index in [-0.39, 0.29) is 22.4 Å². The molecule has 2 nitrogen and oxygen atoms in total. The van der Waals surface area contributed by atoms with Gasteiger partial charge in [0, 0.05) is 22.0 Å². The molecule has 0 N–H and O–H groups in total. The summed E-state index contributed by atoms with van der Waals surface area (Å²) in [6, 6.07) is 16.7. The largest absolute Gasteiger partial charge is 0.289 e. The van der Waals surface area contributed by atoms with Crippen LogP contribution in [0.4, 0.5) is 0 Å². The summed E-state index contributed by atoms with van der Waals surface area (Å²) >= 11 is 2.81. The molecule has 0 bridgehead atoms. The third-order valence-electron chi connectivity index (χ3n) is 5.67. The van der Waals surface area contributed by atoms with Gasteiger partial charge in [-0.1, -0.05) is 114 Å². The van der Waals surface area contributed by atoms with Crippen LogP contribution >= 0.6 is 23.5 Å². The topological polar surface area (TPSA) is 34.1 Å². The third-order valence-corrected chi connectivity index (χ3v) is 8.17. The van der Waals surface area contributed by atoms with Gasteiger partial charge in [0.05, 0.1) is 9.81 Å². The molecule has 0 radical (unpaired) electrons. The molecule has 0 saturated carbocycles. The lowest BCUT2D eigenvalue weighted by Gasteiger charge is -2.19. The fourth-order valence-electron chi connectivity index (χ4n) is 3.62. The molecule has 32 heavy (non-hydrogen) atoms. The van der Waals surface area contributed by atoms with Crippen LogP contribution in [-0.2, 0) is 20.4 Å². The van der Waals surface area contributed by atoms with E-state index in [9.17, 15) is 9.59 Å². The second kappa shape index (κ2) is 8.24. The Morgan fingerprint density at radius 2 is 0.844 bits per heavy atom. The molecule has 0 fully saturated rings.